The maximum absolute atomic E-state index is 13.2. The number of sulfone groups is 1. The number of nitrogens with zero attached hydrogens (tertiary/aromatic N) is 1. The Morgan fingerprint density at radius 3 is 2.33 bits per heavy atom. The lowest BCUT2D eigenvalue weighted by Gasteiger charge is -2.28. The summed E-state index contributed by atoms with van der Waals surface area (Å²) in [4.78, 5) is -0.334. The van der Waals surface area contributed by atoms with Gasteiger partial charge in [-0.1, -0.05) is 30.7 Å². The van der Waals surface area contributed by atoms with Gasteiger partial charge in [-0.25, -0.2) is 16.8 Å². The van der Waals surface area contributed by atoms with Gasteiger partial charge in [0.25, 0.3) is 0 Å². The third-order valence-corrected chi connectivity index (χ3v) is 7.87. The molecule has 0 saturated heterocycles. The van der Waals surface area contributed by atoms with Gasteiger partial charge >= 0.3 is 0 Å². The number of ether oxygens (including phenoxy) is 1. The fourth-order valence-electron chi connectivity index (χ4n) is 2.76. The highest BCUT2D eigenvalue weighted by molar-refractivity contribution is 7.91. The van der Waals surface area contributed by atoms with Crippen LogP contribution in [-0.2, 0) is 19.9 Å². The Morgan fingerprint density at radius 2 is 1.78 bits per heavy atom. The lowest BCUT2D eigenvalue weighted by Crippen LogP contribution is -2.33. The van der Waals surface area contributed by atoms with E-state index in [0.29, 0.717) is 5.75 Å². The van der Waals surface area contributed by atoms with Crippen molar-refractivity contribution in [3.8, 4) is 5.75 Å². The number of sulfonamides is 1. The van der Waals surface area contributed by atoms with Crippen LogP contribution in [0.3, 0.4) is 0 Å². The average Bonchev–Trinajstić information content (AvgIpc) is 2.61. The Balaban J connectivity index is 2.55. The minimum absolute atomic E-state index is 0.0290. The maximum Gasteiger partial charge on any atom is 0.245 e. The van der Waals surface area contributed by atoms with Gasteiger partial charge in [-0.2, -0.15) is 4.31 Å². The van der Waals surface area contributed by atoms with Crippen molar-refractivity contribution in [1.82, 2.24) is 4.31 Å². The molecule has 0 aliphatic carbocycles. The normalized spacial score (nSPS) is 13.6. The molecule has 0 aliphatic rings. The second kappa shape index (κ2) is 8.18. The smallest absolute Gasteiger partial charge is 0.245 e. The van der Waals surface area contributed by atoms with E-state index >= 15 is 0 Å². The van der Waals surface area contributed by atoms with Crippen LogP contribution in [0.4, 0.5) is 0 Å². The van der Waals surface area contributed by atoms with Crippen LogP contribution in [0, 0.1) is 0 Å². The van der Waals surface area contributed by atoms with E-state index in [0.717, 1.165) is 17.9 Å². The van der Waals surface area contributed by atoms with Crippen LogP contribution in [0.2, 0.25) is 5.02 Å². The molecule has 27 heavy (non-hydrogen) atoms. The first-order chi connectivity index (χ1) is 12.5. The van der Waals surface area contributed by atoms with Crippen LogP contribution in [0.25, 0.3) is 0 Å². The Hall–Kier alpha value is -1.61. The molecule has 0 radical (unpaired) electrons. The molecule has 9 heteroatoms. The highest BCUT2D eigenvalue weighted by atomic mass is 35.5. The number of methoxy groups -OCH3 is 1. The van der Waals surface area contributed by atoms with Crippen molar-refractivity contribution >= 4 is 31.5 Å². The summed E-state index contributed by atoms with van der Waals surface area (Å²) in [6.07, 6.45) is 1.02. The van der Waals surface area contributed by atoms with Gasteiger partial charge in [-0.05, 0) is 42.8 Å². The molecule has 0 saturated carbocycles. The first-order valence-electron chi connectivity index (χ1n) is 8.17. The second-order valence-electron chi connectivity index (χ2n) is 6.03. The molecule has 148 valence electrons. The number of hydrogen-bond acceptors (Lipinski definition) is 5. The molecule has 1 atom stereocenters. The highest BCUT2D eigenvalue weighted by Crippen LogP contribution is 2.33. The molecule has 0 heterocycles. The third kappa shape index (κ3) is 4.63. The molecule has 2 aromatic rings. The fourth-order valence-corrected chi connectivity index (χ4v) is 5.61. The fraction of sp³-hybridized carbons (Fsp3) is 0.333. The van der Waals surface area contributed by atoms with Crippen LogP contribution >= 0.6 is 11.6 Å². The highest BCUT2D eigenvalue weighted by Gasteiger charge is 2.31. The lowest BCUT2D eigenvalue weighted by molar-refractivity contribution is 0.354. The van der Waals surface area contributed by atoms with Crippen molar-refractivity contribution in [2.75, 3.05) is 19.9 Å². The summed E-state index contributed by atoms with van der Waals surface area (Å²) in [5.74, 6) is 0.616. The van der Waals surface area contributed by atoms with E-state index in [4.69, 9.17) is 16.3 Å². The van der Waals surface area contributed by atoms with E-state index in [2.05, 4.69) is 0 Å². The standard InChI is InChI=1S/C18H22ClNO5S2/c1-5-20(13(2)14-7-6-8-15(11-14)25-3)27(23,24)18-12-16(26(4,21)22)9-10-17(18)19/h6-13H,5H2,1-4H3. The number of halogens is 1. The number of hydrogen-bond donors (Lipinski definition) is 0. The van der Waals surface area contributed by atoms with Gasteiger partial charge in [0, 0.05) is 18.8 Å². The SMILES string of the molecule is CCN(C(C)c1cccc(OC)c1)S(=O)(=O)c1cc(S(C)(=O)=O)ccc1Cl. The molecule has 1 unspecified atom stereocenters. The Bertz CT molecular complexity index is 1040. The average molecular weight is 432 g/mol. The molecule has 0 aromatic heterocycles. The van der Waals surface area contributed by atoms with Crippen LogP contribution in [0.5, 0.6) is 5.75 Å². The number of benzene rings is 2. The largest absolute Gasteiger partial charge is 0.497 e. The predicted octanol–water partition coefficient (Wildman–Crippen LogP) is 3.52. The van der Waals surface area contributed by atoms with Crippen molar-refractivity contribution < 1.29 is 21.6 Å². The van der Waals surface area contributed by atoms with Gasteiger partial charge in [0.05, 0.1) is 17.0 Å². The van der Waals surface area contributed by atoms with E-state index in [1.807, 2.05) is 0 Å². The van der Waals surface area contributed by atoms with Crippen LogP contribution in [0.1, 0.15) is 25.5 Å². The topological polar surface area (TPSA) is 80.8 Å². The molecule has 0 amide bonds. The monoisotopic (exact) mass is 431 g/mol. The van der Waals surface area contributed by atoms with Gasteiger partial charge in [0.15, 0.2) is 9.84 Å². The zero-order chi connectivity index (χ0) is 20.4. The Kier molecular flexibility index (Phi) is 6.57. The number of rotatable bonds is 7. The summed E-state index contributed by atoms with van der Waals surface area (Å²) >= 11 is 6.11. The summed E-state index contributed by atoms with van der Waals surface area (Å²) in [5.41, 5.74) is 0.746. The quantitative estimate of drug-likeness (QED) is 0.669. The van der Waals surface area contributed by atoms with Crippen LogP contribution < -0.4 is 4.74 Å². The summed E-state index contributed by atoms with van der Waals surface area (Å²) in [5, 5.41) is -0.0290. The molecule has 0 aliphatic heterocycles. The molecule has 0 N–H and O–H groups in total. The van der Waals surface area contributed by atoms with E-state index < -0.39 is 25.9 Å². The molecule has 2 aromatic carbocycles. The molecule has 0 fully saturated rings. The second-order valence-corrected chi connectivity index (χ2v) is 10.3. The predicted molar refractivity (Wildman–Crippen MR) is 106 cm³/mol. The minimum atomic E-state index is -4.04. The molecule has 2 rings (SSSR count). The van der Waals surface area contributed by atoms with E-state index in [1.54, 1.807) is 38.1 Å². The van der Waals surface area contributed by atoms with Gasteiger partial charge in [0.2, 0.25) is 10.0 Å². The summed E-state index contributed by atoms with van der Waals surface area (Å²) in [6.45, 7) is 3.65. The van der Waals surface area contributed by atoms with E-state index in [-0.39, 0.29) is 21.4 Å². The van der Waals surface area contributed by atoms with E-state index in [9.17, 15) is 16.8 Å². The Labute approximate surface area is 165 Å². The van der Waals surface area contributed by atoms with Gasteiger partial charge in [0.1, 0.15) is 10.6 Å². The Morgan fingerprint density at radius 1 is 1.11 bits per heavy atom. The zero-order valence-corrected chi connectivity index (χ0v) is 17.9. The summed E-state index contributed by atoms with van der Waals surface area (Å²) < 4.78 is 56.6. The minimum Gasteiger partial charge on any atom is -0.497 e. The molecular weight excluding hydrogens is 410 g/mol. The molecule has 6 nitrogen and oxygen atoms in total. The van der Waals surface area contributed by atoms with E-state index in [1.165, 1.54) is 23.5 Å². The summed E-state index contributed by atoms with van der Waals surface area (Å²) in [6, 6.07) is 10.3. The third-order valence-electron chi connectivity index (χ3n) is 4.24. The van der Waals surface area contributed by atoms with Crippen molar-refractivity contribution in [2.24, 2.45) is 0 Å². The maximum atomic E-state index is 13.2. The van der Waals surface area contributed by atoms with Gasteiger partial charge < -0.3 is 4.74 Å². The van der Waals surface area contributed by atoms with Crippen molar-refractivity contribution in [3.05, 3.63) is 53.1 Å². The zero-order valence-electron chi connectivity index (χ0n) is 15.5. The van der Waals surface area contributed by atoms with Gasteiger partial charge in [-0.15, -0.1) is 0 Å². The lowest BCUT2D eigenvalue weighted by atomic mass is 10.1. The van der Waals surface area contributed by atoms with Crippen LogP contribution in [0.15, 0.2) is 52.3 Å². The molecule has 0 bridgehead atoms. The van der Waals surface area contributed by atoms with Crippen molar-refractivity contribution in [2.45, 2.75) is 29.7 Å². The summed E-state index contributed by atoms with van der Waals surface area (Å²) in [7, 11) is -6.07. The van der Waals surface area contributed by atoms with Crippen molar-refractivity contribution in [3.63, 3.8) is 0 Å². The van der Waals surface area contributed by atoms with Crippen LogP contribution in [-0.4, -0.2) is 41.1 Å². The molecule has 0 spiro atoms. The first-order valence-corrected chi connectivity index (χ1v) is 11.9. The first kappa shape index (κ1) is 21.7. The molecular formula is C18H22ClNO5S2. The van der Waals surface area contributed by atoms with Gasteiger partial charge in [-0.3, -0.25) is 0 Å². The van der Waals surface area contributed by atoms with Crippen molar-refractivity contribution in [1.29, 1.82) is 0 Å².